The number of carbonyl (C=O) groups is 1. The molecule has 0 saturated carbocycles. The number of carbonyl (C=O) groups excluding carboxylic acids is 1. The Morgan fingerprint density at radius 1 is 1.09 bits per heavy atom. The van der Waals surface area contributed by atoms with E-state index in [1.54, 1.807) is 6.08 Å². The van der Waals surface area contributed by atoms with E-state index in [9.17, 15) is 9.18 Å². The molecule has 1 heterocycles. The van der Waals surface area contributed by atoms with Crippen molar-refractivity contribution in [1.29, 1.82) is 0 Å². The summed E-state index contributed by atoms with van der Waals surface area (Å²) >= 11 is 0. The second-order valence-electron chi connectivity index (χ2n) is 5.20. The van der Waals surface area contributed by atoms with Gasteiger partial charge < -0.3 is 4.74 Å². The molecule has 0 bridgehead atoms. The third-order valence-corrected chi connectivity index (χ3v) is 3.44. The minimum Gasteiger partial charge on any atom is -0.402 e. The van der Waals surface area contributed by atoms with E-state index in [0.29, 0.717) is 5.56 Å². The third kappa shape index (κ3) is 2.81. The summed E-state index contributed by atoms with van der Waals surface area (Å²) in [6, 6.07) is 11.7. The van der Waals surface area contributed by atoms with Crippen molar-refractivity contribution in [3.63, 3.8) is 0 Å². The zero-order valence-corrected chi connectivity index (χ0v) is 12.3. The number of cyclic esters (lactones) is 1. The molecule has 110 valence electrons. The van der Waals surface area contributed by atoms with Crippen LogP contribution in [0.15, 0.2) is 53.2 Å². The van der Waals surface area contributed by atoms with Crippen molar-refractivity contribution in [1.82, 2.24) is 0 Å². The summed E-state index contributed by atoms with van der Waals surface area (Å²) in [4.78, 5) is 16.2. The van der Waals surface area contributed by atoms with Crippen LogP contribution < -0.4 is 0 Å². The number of hydrogen-bond donors (Lipinski definition) is 0. The molecule has 0 aromatic heterocycles. The van der Waals surface area contributed by atoms with Crippen LogP contribution in [0.4, 0.5) is 4.39 Å². The number of hydrogen-bond acceptors (Lipinski definition) is 3. The highest BCUT2D eigenvalue weighted by Crippen LogP contribution is 2.21. The Morgan fingerprint density at radius 2 is 1.82 bits per heavy atom. The molecule has 3 rings (SSSR count). The molecule has 22 heavy (non-hydrogen) atoms. The first-order valence-corrected chi connectivity index (χ1v) is 6.89. The van der Waals surface area contributed by atoms with E-state index in [1.165, 1.54) is 24.3 Å². The highest BCUT2D eigenvalue weighted by molar-refractivity contribution is 6.12. The van der Waals surface area contributed by atoms with Crippen molar-refractivity contribution in [2.75, 3.05) is 0 Å². The largest absolute Gasteiger partial charge is 0.402 e. The lowest BCUT2D eigenvalue weighted by molar-refractivity contribution is -0.129. The topological polar surface area (TPSA) is 38.7 Å². The number of benzene rings is 2. The average Bonchev–Trinajstić information content (AvgIpc) is 2.85. The van der Waals surface area contributed by atoms with Gasteiger partial charge in [0.25, 0.3) is 0 Å². The van der Waals surface area contributed by atoms with Gasteiger partial charge in [-0.05, 0) is 55.3 Å². The lowest BCUT2D eigenvalue weighted by Gasteiger charge is -2.01. The van der Waals surface area contributed by atoms with E-state index in [1.807, 2.05) is 32.0 Å². The van der Waals surface area contributed by atoms with Crippen LogP contribution in [0.2, 0.25) is 0 Å². The normalized spacial score (nSPS) is 15.9. The SMILES string of the molecule is Cc1ccc(C)c(/C=C2/N=C(c3ccc(F)cc3)OC2=O)c1. The lowest BCUT2D eigenvalue weighted by Crippen LogP contribution is -2.05. The van der Waals surface area contributed by atoms with Gasteiger partial charge in [-0.1, -0.05) is 23.8 Å². The minimum atomic E-state index is -0.500. The summed E-state index contributed by atoms with van der Waals surface area (Å²) in [6.45, 7) is 3.96. The van der Waals surface area contributed by atoms with Gasteiger partial charge in [0.1, 0.15) is 5.82 Å². The second kappa shape index (κ2) is 5.56. The van der Waals surface area contributed by atoms with E-state index in [4.69, 9.17) is 4.74 Å². The van der Waals surface area contributed by atoms with E-state index >= 15 is 0 Å². The quantitative estimate of drug-likeness (QED) is 0.624. The number of rotatable bonds is 2. The van der Waals surface area contributed by atoms with Crippen LogP contribution in [-0.2, 0) is 9.53 Å². The van der Waals surface area contributed by atoms with Crippen LogP contribution in [0.3, 0.4) is 0 Å². The van der Waals surface area contributed by atoms with E-state index in [-0.39, 0.29) is 17.4 Å². The van der Waals surface area contributed by atoms with Crippen LogP contribution in [-0.4, -0.2) is 11.9 Å². The Hall–Kier alpha value is -2.75. The first kappa shape index (κ1) is 14.2. The van der Waals surface area contributed by atoms with Crippen molar-refractivity contribution in [3.8, 4) is 0 Å². The maximum absolute atomic E-state index is 12.9. The standard InChI is InChI=1S/C18H14FNO2/c1-11-3-4-12(2)14(9-11)10-16-18(21)22-17(20-16)13-5-7-15(19)8-6-13/h3-10H,1-2H3/b16-10+. The van der Waals surface area contributed by atoms with Gasteiger partial charge >= 0.3 is 5.97 Å². The molecule has 4 heteroatoms. The van der Waals surface area contributed by atoms with Gasteiger partial charge in [-0.2, -0.15) is 0 Å². The Bertz CT molecular complexity index is 804. The monoisotopic (exact) mass is 295 g/mol. The van der Waals surface area contributed by atoms with Crippen molar-refractivity contribution in [2.24, 2.45) is 4.99 Å². The lowest BCUT2D eigenvalue weighted by atomic mass is 10.0. The predicted molar refractivity (Wildman–Crippen MR) is 82.9 cm³/mol. The van der Waals surface area contributed by atoms with Gasteiger partial charge in [0.2, 0.25) is 5.90 Å². The fourth-order valence-electron chi connectivity index (χ4n) is 2.19. The molecule has 0 amide bonds. The van der Waals surface area contributed by atoms with Crippen LogP contribution in [0.25, 0.3) is 6.08 Å². The van der Waals surface area contributed by atoms with Gasteiger partial charge in [-0.25, -0.2) is 14.2 Å². The molecule has 1 aliphatic rings. The van der Waals surface area contributed by atoms with Crippen LogP contribution in [0, 0.1) is 19.7 Å². The van der Waals surface area contributed by atoms with E-state index in [0.717, 1.165) is 16.7 Å². The van der Waals surface area contributed by atoms with Crippen molar-refractivity contribution < 1.29 is 13.9 Å². The number of aliphatic imine (C=N–C) groups is 1. The molecule has 2 aromatic carbocycles. The summed E-state index contributed by atoms with van der Waals surface area (Å²) in [5.74, 6) is -0.651. The summed E-state index contributed by atoms with van der Waals surface area (Å²) in [7, 11) is 0. The molecule has 0 radical (unpaired) electrons. The van der Waals surface area contributed by atoms with Crippen LogP contribution >= 0.6 is 0 Å². The number of nitrogens with zero attached hydrogens (tertiary/aromatic N) is 1. The number of esters is 1. The van der Waals surface area contributed by atoms with Gasteiger partial charge in [0, 0.05) is 5.56 Å². The van der Waals surface area contributed by atoms with E-state index in [2.05, 4.69) is 4.99 Å². The summed E-state index contributed by atoms with van der Waals surface area (Å²) in [5.41, 5.74) is 3.89. The second-order valence-corrected chi connectivity index (χ2v) is 5.20. The Kier molecular flexibility index (Phi) is 3.59. The maximum Gasteiger partial charge on any atom is 0.363 e. The number of aryl methyl sites for hydroxylation is 2. The third-order valence-electron chi connectivity index (χ3n) is 3.44. The maximum atomic E-state index is 12.9. The molecule has 3 nitrogen and oxygen atoms in total. The zero-order valence-electron chi connectivity index (χ0n) is 12.3. The molecule has 0 aliphatic carbocycles. The van der Waals surface area contributed by atoms with Gasteiger partial charge in [0.05, 0.1) is 0 Å². The molecule has 0 atom stereocenters. The average molecular weight is 295 g/mol. The molecular formula is C18H14FNO2. The predicted octanol–water partition coefficient (Wildman–Crippen LogP) is 3.79. The fraction of sp³-hybridized carbons (Fsp3) is 0.111. The smallest absolute Gasteiger partial charge is 0.363 e. The number of ether oxygens (including phenoxy) is 1. The van der Waals surface area contributed by atoms with Gasteiger partial charge in [-0.15, -0.1) is 0 Å². The van der Waals surface area contributed by atoms with Gasteiger partial charge in [-0.3, -0.25) is 0 Å². The number of halogens is 1. The van der Waals surface area contributed by atoms with Crippen molar-refractivity contribution in [3.05, 3.63) is 76.2 Å². The summed E-state index contributed by atoms with van der Waals surface area (Å²) < 4.78 is 18.1. The molecule has 0 saturated heterocycles. The van der Waals surface area contributed by atoms with Gasteiger partial charge in [0.15, 0.2) is 5.70 Å². The van der Waals surface area contributed by atoms with Crippen molar-refractivity contribution in [2.45, 2.75) is 13.8 Å². The highest BCUT2D eigenvalue weighted by Gasteiger charge is 2.24. The minimum absolute atomic E-state index is 0.196. The summed E-state index contributed by atoms with van der Waals surface area (Å²) in [6.07, 6.45) is 1.71. The molecule has 0 fully saturated rings. The summed E-state index contributed by atoms with van der Waals surface area (Å²) in [5, 5.41) is 0. The molecule has 1 aliphatic heterocycles. The molecular weight excluding hydrogens is 281 g/mol. The van der Waals surface area contributed by atoms with E-state index < -0.39 is 5.97 Å². The first-order valence-electron chi connectivity index (χ1n) is 6.89. The van der Waals surface area contributed by atoms with Crippen LogP contribution in [0.5, 0.6) is 0 Å². The first-order chi connectivity index (χ1) is 10.5. The Balaban J connectivity index is 1.97. The highest BCUT2D eigenvalue weighted by atomic mass is 19.1. The Labute approximate surface area is 127 Å². The molecule has 2 aromatic rings. The molecule has 0 spiro atoms. The molecule has 0 unspecified atom stereocenters. The molecule has 0 N–H and O–H groups in total. The Morgan fingerprint density at radius 3 is 2.55 bits per heavy atom. The van der Waals surface area contributed by atoms with Crippen molar-refractivity contribution >= 4 is 17.9 Å². The zero-order chi connectivity index (χ0) is 15.7. The van der Waals surface area contributed by atoms with Crippen LogP contribution in [0.1, 0.15) is 22.3 Å². The fourth-order valence-corrected chi connectivity index (χ4v) is 2.19.